The third kappa shape index (κ3) is 5.93. The van der Waals surface area contributed by atoms with E-state index in [9.17, 15) is 19.2 Å². The number of aromatic nitrogens is 1. The van der Waals surface area contributed by atoms with E-state index in [1.807, 2.05) is 13.0 Å². The molecular weight excluding hydrogens is 474 g/mol. The summed E-state index contributed by atoms with van der Waals surface area (Å²) < 4.78 is 15.2. The number of nitrogens with one attached hydrogen (secondary N) is 2. The van der Waals surface area contributed by atoms with Crippen LogP contribution in [0.2, 0.25) is 0 Å². The van der Waals surface area contributed by atoms with Gasteiger partial charge in [0.2, 0.25) is 0 Å². The summed E-state index contributed by atoms with van der Waals surface area (Å²) in [5, 5.41) is 9.23. The number of hydrogen-bond donors (Lipinski definition) is 2. The van der Waals surface area contributed by atoms with E-state index in [0.29, 0.717) is 29.1 Å². The number of carbonyl (C=O) groups is 4. The van der Waals surface area contributed by atoms with Crippen LogP contribution in [0.1, 0.15) is 61.3 Å². The zero-order chi connectivity index (χ0) is 25.5. The number of amides is 2. The second-order valence-corrected chi connectivity index (χ2v) is 8.36. The summed E-state index contributed by atoms with van der Waals surface area (Å²) >= 11 is 0.926. The van der Waals surface area contributed by atoms with Crippen molar-refractivity contribution in [3.63, 3.8) is 0 Å². The number of ether oxygens (including phenoxy) is 2. The van der Waals surface area contributed by atoms with Crippen LogP contribution in [0.25, 0.3) is 0 Å². The van der Waals surface area contributed by atoms with Gasteiger partial charge in [-0.1, -0.05) is 30.3 Å². The number of carbonyl (C=O) groups excluding carboxylic acids is 4. The van der Waals surface area contributed by atoms with Crippen LogP contribution in [0.4, 0.5) is 10.7 Å². The van der Waals surface area contributed by atoms with Crippen molar-refractivity contribution in [2.75, 3.05) is 23.8 Å². The SMILES string of the molecule is CCOC(=O)c1c(NC(=O)COC(=O)c2c(CC)noc2C)sc(C(=O)Nc2ccccc2)c1C. The lowest BCUT2D eigenvalue weighted by Gasteiger charge is -2.08. The van der Waals surface area contributed by atoms with Gasteiger partial charge in [0.05, 0.1) is 22.7 Å². The molecule has 35 heavy (non-hydrogen) atoms. The second-order valence-electron chi connectivity index (χ2n) is 7.34. The molecule has 0 aliphatic heterocycles. The van der Waals surface area contributed by atoms with Crippen molar-refractivity contribution in [2.24, 2.45) is 0 Å². The van der Waals surface area contributed by atoms with Crippen molar-refractivity contribution in [3.8, 4) is 0 Å². The maximum Gasteiger partial charge on any atom is 0.344 e. The number of thiophene rings is 1. The zero-order valence-corrected chi connectivity index (χ0v) is 20.5. The third-order valence-electron chi connectivity index (χ3n) is 4.92. The summed E-state index contributed by atoms with van der Waals surface area (Å²) in [5.74, 6) is -2.26. The molecule has 0 radical (unpaired) electrons. The van der Waals surface area contributed by atoms with Crippen LogP contribution in [-0.2, 0) is 20.7 Å². The minimum absolute atomic E-state index is 0.0675. The van der Waals surface area contributed by atoms with Gasteiger partial charge in [0.25, 0.3) is 11.8 Å². The fourth-order valence-corrected chi connectivity index (χ4v) is 4.37. The van der Waals surface area contributed by atoms with Crippen LogP contribution in [0.5, 0.6) is 0 Å². The largest absolute Gasteiger partial charge is 0.462 e. The predicted octanol–water partition coefficient (Wildman–Crippen LogP) is 4.14. The van der Waals surface area contributed by atoms with Crippen molar-refractivity contribution in [1.82, 2.24) is 5.16 Å². The molecule has 10 nitrogen and oxygen atoms in total. The molecule has 0 aliphatic carbocycles. The van der Waals surface area contributed by atoms with E-state index >= 15 is 0 Å². The number of aryl methyl sites for hydroxylation is 2. The van der Waals surface area contributed by atoms with Crippen LogP contribution in [0.3, 0.4) is 0 Å². The molecule has 0 saturated carbocycles. The first kappa shape index (κ1) is 25.6. The van der Waals surface area contributed by atoms with Gasteiger partial charge in [-0.05, 0) is 44.9 Å². The molecule has 3 aromatic rings. The Morgan fingerprint density at radius 3 is 2.31 bits per heavy atom. The monoisotopic (exact) mass is 499 g/mol. The average Bonchev–Trinajstić information content (AvgIpc) is 3.37. The molecule has 1 aromatic carbocycles. The Hall–Kier alpha value is -3.99. The first-order chi connectivity index (χ1) is 16.8. The molecular formula is C24H25N3O7S. The zero-order valence-electron chi connectivity index (χ0n) is 19.7. The van der Waals surface area contributed by atoms with Crippen LogP contribution in [-0.4, -0.2) is 42.1 Å². The summed E-state index contributed by atoms with van der Waals surface area (Å²) in [6, 6.07) is 8.83. The molecule has 11 heteroatoms. The van der Waals surface area contributed by atoms with Gasteiger partial charge in [-0.2, -0.15) is 0 Å². The van der Waals surface area contributed by atoms with Gasteiger partial charge in [0.15, 0.2) is 6.61 Å². The van der Waals surface area contributed by atoms with Crippen LogP contribution >= 0.6 is 11.3 Å². The van der Waals surface area contributed by atoms with Gasteiger partial charge in [-0.15, -0.1) is 11.3 Å². The second kappa shape index (κ2) is 11.4. The van der Waals surface area contributed by atoms with Crippen LogP contribution in [0.15, 0.2) is 34.9 Å². The van der Waals surface area contributed by atoms with Gasteiger partial charge in [0.1, 0.15) is 16.3 Å². The summed E-state index contributed by atoms with van der Waals surface area (Å²) in [4.78, 5) is 50.7. The quantitative estimate of drug-likeness (QED) is 0.419. The van der Waals surface area contributed by atoms with E-state index in [0.717, 1.165) is 11.3 Å². The van der Waals surface area contributed by atoms with E-state index in [1.54, 1.807) is 45.0 Å². The van der Waals surface area contributed by atoms with Crippen LogP contribution in [0, 0.1) is 13.8 Å². The number of hydrogen-bond acceptors (Lipinski definition) is 9. The van der Waals surface area contributed by atoms with Gasteiger partial charge in [-0.25, -0.2) is 9.59 Å². The standard InChI is InChI=1S/C24H25N3O7S/c1-5-16-19(14(4)34-27-16)24(31)33-12-17(28)26-22-18(23(30)32-6-2)13(3)20(35-22)21(29)25-15-10-8-7-9-11-15/h7-11H,5-6,12H2,1-4H3,(H,25,29)(H,26,28). The van der Waals surface area contributed by atoms with Crippen LogP contribution < -0.4 is 10.6 Å². The minimum Gasteiger partial charge on any atom is -0.462 e. The number of nitrogens with zero attached hydrogens (tertiary/aromatic N) is 1. The van der Waals surface area contributed by atoms with Gasteiger partial charge in [0, 0.05) is 5.69 Å². The molecule has 0 atom stereocenters. The highest BCUT2D eigenvalue weighted by Crippen LogP contribution is 2.34. The molecule has 2 N–H and O–H groups in total. The molecule has 0 fully saturated rings. The number of para-hydroxylation sites is 1. The summed E-state index contributed by atoms with van der Waals surface area (Å²) in [6.45, 7) is 6.13. The Morgan fingerprint density at radius 2 is 1.66 bits per heavy atom. The Balaban J connectivity index is 1.78. The Morgan fingerprint density at radius 1 is 0.971 bits per heavy atom. The van der Waals surface area contributed by atoms with E-state index in [-0.39, 0.29) is 27.6 Å². The Kier molecular flexibility index (Phi) is 8.37. The number of anilines is 2. The van der Waals surface area contributed by atoms with Crippen molar-refractivity contribution in [2.45, 2.75) is 34.1 Å². The van der Waals surface area contributed by atoms with E-state index in [2.05, 4.69) is 15.8 Å². The van der Waals surface area contributed by atoms with Gasteiger partial charge < -0.3 is 24.6 Å². The molecule has 2 amide bonds. The van der Waals surface area contributed by atoms with E-state index < -0.39 is 30.4 Å². The maximum atomic E-state index is 12.9. The highest BCUT2D eigenvalue weighted by atomic mass is 32.1. The third-order valence-corrected chi connectivity index (χ3v) is 6.13. The lowest BCUT2D eigenvalue weighted by Crippen LogP contribution is -2.22. The lowest BCUT2D eigenvalue weighted by atomic mass is 10.1. The Bertz CT molecular complexity index is 1250. The normalized spacial score (nSPS) is 10.5. The number of rotatable bonds is 9. The molecule has 0 bridgehead atoms. The molecule has 0 saturated heterocycles. The van der Waals surface area contributed by atoms with Crippen molar-refractivity contribution in [1.29, 1.82) is 0 Å². The van der Waals surface area contributed by atoms with E-state index in [4.69, 9.17) is 14.0 Å². The molecule has 2 heterocycles. The molecule has 0 unspecified atom stereocenters. The first-order valence-electron chi connectivity index (χ1n) is 10.9. The van der Waals surface area contributed by atoms with Crippen molar-refractivity contribution >= 4 is 45.8 Å². The highest BCUT2D eigenvalue weighted by Gasteiger charge is 2.27. The van der Waals surface area contributed by atoms with Gasteiger partial charge >= 0.3 is 11.9 Å². The fourth-order valence-electron chi connectivity index (χ4n) is 3.26. The molecule has 0 spiro atoms. The van der Waals surface area contributed by atoms with Crippen molar-refractivity contribution in [3.05, 3.63) is 63.4 Å². The summed E-state index contributed by atoms with van der Waals surface area (Å²) in [7, 11) is 0. The van der Waals surface area contributed by atoms with Gasteiger partial charge in [-0.3, -0.25) is 9.59 Å². The number of esters is 2. The topological polar surface area (TPSA) is 137 Å². The molecule has 0 aliphatic rings. The summed E-state index contributed by atoms with van der Waals surface area (Å²) in [6.07, 6.45) is 0.458. The minimum atomic E-state index is -0.744. The van der Waals surface area contributed by atoms with E-state index in [1.165, 1.54) is 0 Å². The fraction of sp³-hybridized carbons (Fsp3) is 0.292. The van der Waals surface area contributed by atoms with Crippen molar-refractivity contribution < 1.29 is 33.2 Å². The average molecular weight is 500 g/mol. The number of benzene rings is 1. The molecule has 184 valence electrons. The lowest BCUT2D eigenvalue weighted by molar-refractivity contribution is -0.119. The predicted molar refractivity (Wildman–Crippen MR) is 129 cm³/mol. The first-order valence-corrected chi connectivity index (χ1v) is 11.7. The maximum absolute atomic E-state index is 12.9. The molecule has 2 aromatic heterocycles. The Labute approximate surface area is 205 Å². The summed E-state index contributed by atoms with van der Waals surface area (Å²) in [5.41, 5.74) is 1.62. The molecule has 3 rings (SSSR count). The smallest absolute Gasteiger partial charge is 0.344 e. The highest BCUT2D eigenvalue weighted by molar-refractivity contribution is 7.19.